The molecule has 2 aromatic heterocycles. The molecule has 0 aliphatic heterocycles. The Hall–Kier alpha value is -1.62. The Kier molecular flexibility index (Phi) is 10.5. The molecule has 9 heteroatoms. The summed E-state index contributed by atoms with van der Waals surface area (Å²) in [4.78, 5) is 6.95. The standard InChI is InChI=1S/C19H34N8.HI/c1-7-20-19(21-9-8-10-27-16(3)11-15(2)24-27)22-13-18(25(4)5)17-12-23-26(6)14-17;/h11-12,14,18H,7-10,13H2,1-6H3,(H2,20,21,22);1H. The Bertz CT molecular complexity index is 734. The highest BCUT2D eigenvalue weighted by atomic mass is 127. The van der Waals surface area contributed by atoms with Gasteiger partial charge < -0.3 is 15.5 Å². The van der Waals surface area contributed by atoms with Gasteiger partial charge in [0.1, 0.15) is 0 Å². The van der Waals surface area contributed by atoms with Gasteiger partial charge in [-0.2, -0.15) is 10.2 Å². The topological polar surface area (TPSA) is 75.3 Å². The molecule has 2 rings (SSSR count). The first-order valence-electron chi connectivity index (χ1n) is 9.59. The van der Waals surface area contributed by atoms with E-state index in [1.807, 2.05) is 24.9 Å². The Balaban J connectivity index is 0.00000392. The normalized spacial score (nSPS) is 12.8. The fourth-order valence-corrected chi connectivity index (χ4v) is 3.04. The first-order valence-corrected chi connectivity index (χ1v) is 9.59. The lowest BCUT2D eigenvalue weighted by molar-refractivity contribution is 0.306. The maximum atomic E-state index is 4.78. The summed E-state index contributed by atoms with van der Waals surface area (Å²) in [6, 6.07) is 2.31. The van der Waals surface area contributed by atoms with Crippen LogP contribution in [0.2, 0.25) is 0 Å². The third kappa shape index (κ3) is 7.42. The van der Waals surface area contributed by atoms with E-state index >= 15 is 0 Å². The van der Waals surface area contributed by atoms with E-state index < -0.39 is 0 Å². The maximum Gasteiger partial charge on any atom is 0.191 e. The van der Waals surface area contributed by atoms with Gasteiger partial charge in [-0.05, 0) is 47.4 Å². The molecule has 8 nitrogen and oxygen atoms in total. The van der Waals surface area contributed by atoms with Crippen LogP contribution in [0.4, 0.5) is 0 Å². The van der Waals surface area contributed by atoms with Crippen molar-refractivity contribution in [2.45, 2.75) is 39.8 Å². The lowest BCUT2D eigenvalue weighted by atomic mass is 10.1. The van der Waals surface area contributed by atoms with Crippen molar-refractivity contribution in [3.05, 3.63) is 35.4 Å². The van der Waals surface area contributed by atoms with E-state index in [0.717, 1.165) is 37.7 Å². The number of guanidine groups is 1. The van der Waals surface area contributed by atoms with Gasteiger partial charge in [0.25, 0.3) is 0 Å². The molecule has 1 atom stereocenters. The van der Waals surface area contributed by atoms with Crippen LogP contribution in [0.15, 0.2) is 23.5 Å². The zero-order chi connectivity index (χ0) is 19.8. The summed E-state index contributed by atoms with van der Waals surface area (Å²) in [5.74, 6) is 0.849. The van der Waals surface area contributed by atoms with Gasteiger partial charge in [-0.3, -0.25) is 14.4 Å². The highest BCUT2D eigenvalue weighted by Gasteiger charge is 2.15. The van der Waals surface area contributed by atoms with Gasteiger partial charge in [-0.25, -0.2) is 0 Å². The molecule has 158 valence electrons. The molecule has 0 aromatic carbocycles. The molecule has 0 amide bonds. The van der Waals surface area contributed by atoms with Crippen LogP contribution in [0, 0.1) is 13.8 Å². The smallest absolute Gasteiger partial charge is 0.191 e. The van der Waals surface area contributed by atoms with Gasteiger partial charge in [0.05, 0.1) is 24.5 Å². The molecule has 2 N–H and O–H groups in total. The van der Waals surface area contributed by atoms with E-state index in [1.54, 1.807) is 0 Å². The number of nitrogens with one attached hydrogen (secondary N) is 2. The third-order valence-corrected chi connectivity index (χ3v) is 4.44. The second kappa shape index (κ2) is 12.1. The average molecular weight is 502 g/mol. The minimum absolute atomic E-state index is 0. The van der Waals surface area contributed by atoms with Gasteiger partial charge in [-0.15, -0.1) is 24.0 Å². The first kappa shape index (κ1) is 24.4. The molecular weight excluding hydrogens is 467 g/mol. The lowest BCUT2D eigenvalue weighted by Crippen LogP contribution is -2.38. The van der Waals surface area contributed by atoms with E-state index in [1.165, 1.54) is 11.3 Å². The number of aliphatic imine (C=N–C) groups is 1. The number of halogens is 1. The van der Waals surface area contributed by atoms with E-state index in [4.69, 9.17) is 4.99 Å². The zero-order valence-electron chi connectivity index (χ0n) is 17.9. The molecule has 1 unspecified atom stereocenters. The van der Waals surface area contributed by atoms with Crippen molar-refractivity contribution in [2.75, 3.05) is 33.7 Å². The molecule has 28 heavy (non-hydrogen) atoms. The van der Waals surface area contributed by atoms with Crippen LogP contribution in [0.25, 0.3) is 0 Å². The summed E-state index contributed by atoms with van der Waals surface area (Å²) >= 11 is 0. The van der Waals surface area contributed by atoms with Gasteiger partial charge in [0.15, 0.2) is 5.96 Å². The summed E-state index contributed by atoms with van der Waals surface area (Å²) in [5, 5.41) is 15.5. The number of rotatable bonds is 9. The first-order chi connectivity index (χ1) is 12.9. The highest BCUT2D eigenvalue weighted by molar-refractivity contribution is 14.0. The van der Waals surface area contributed by atoms with Gasteiger partial charge in [0, 0.05) is 44.1 Å². The average Bonchev–Trinajstić information content (AvgIpc) is 3.16. The number of nitrogens with zero attached hydrogens (tertiary/aromatic N) is 6. The Morgan fingerprint density at radius 2 is 2.04 bits per heavy atom. The largest absolute Gasteiger partial charge is 0.357 e. The van der Waals surface area contributed by atoms with Crippen LogP contribution < -0.4 is 10.6 Å². The van der Waals surface area contributed by atoms with Crippen molar-refractivity contribution in [2.24, 2.45) is 12.0 Å². The lowest BCUT2D eigenvalue weighted by Gasteiger charge is -2.22. The predicted molar refractivity (Wildman–Crippen MR) is 125 cm³/mol. The van der Waals surface area contributed by atoms with Crippen molar-refractivity contribution in [3.8, 4) is 0 Å². The molecule has 0 aliphatic carbocycles. The number of hydrogen-bond donors (Lipinski definition) is 2. The maximum absolute atomic E-state index is 4.78. The third-order valence-electron chi connectivity index (χ3n) is 4.44. The molecular formula is C19H35IN8. The molecule has 0 fully saturated rings. The molecule has 0 spiro atoms. The molecule has 0 radical (unpaired) electrons. The fraction of sp³-hybridized carbons (Fsp3) is 0.632. The second-order valence-corrected chi connectivity index (χ2v) is 7.08. The van der Waals surface area contributed by atoms with Crippen molar-refractivity contribution in [1.82, 2.24) is 35.1 Å². The van der Waals surface area contributed by atoms with Crippen LogP contribution in [-0.2, 0) is 13.6 Å². The molecule has 2 aromatic rings. The minimum atomic E-state index is 0. The monoisotopic (exact) mass is 502 g/mol. The summed E-state index contributed by atoms with van der Waals surface area (Å²) in [5.41, 5.74) is 3.45. The van der Waals surface area contributed by atoms with Gasteiger partial charge >= 0.3 is 0 Å². The predicted octanol–water partition coefficient (Wildman–Crippen LogP) is 2.10. The molecule has 0 saturated carbocycles. The molecule has 0 aliphatic rings. The summed E-state index contributed by atoms with van der Waals surface area (Å²) < 4.78 is 3.89. The van der Waals surface area contributed by atoms with Crippen LogP contribution in [0.3, 0.4) is 0 Å². The zero-order valence-corrected chi connectivity index (χ0v) is 20.3. The number of aryl methyl sites for hydroxylation is 4. The Labute approximate surface area is 185 Å². The van der Waals surface area contributed by atoms with E-state index in [9.17, 15) is 0 Å². The van der Waals surface area contributed by atoms with Crippen LogP contribution in [0.1, 0.15) is 36.3 Å². The molecule has 0 saturated heterocycles. The minimum Gasteiger partial charge on any atom is -0.357 e. The second-order valence-electron chi connectivity index (χ2n) is 7.08. The highest BCUT2D eigenvalue weighted by Crippen LogP contribution is 2.17. The summed E-state index contributed by atoms with van der Waals surface area (Å²) in [6.45, 7) is 9.47. The number of likely N-dealkylation sites (N-methyl/N-ethyl adjacent to an activating group) is 1. The van der Waals surface area contributed by atoms with E-state index in [2.05, 4.69) is 70.6 Å². The van der Waals surface area contributed by atoms with Crippen molar-refractivity contribution in [1.29, 1.82) is 0 Å². The molecule has 2 heterocycles. The SMILES string of the molecule is CCNC(=NCC(c1cnn(C)c1)N(C)C)NCCCn1nc(C)cc1C.I. The Morgan fingerprint density at radius 1 is 1.29 bits per heavy atom. The summed E-state index contributed by atoms with van der Waals surface area (Å²) in [7, 11) is 6.08. The van der Waals surface area contributed by atoms with Gasteiger partial charge in [0.2, 0.25) is 0 Å². The fourth-order valence-electron chi connectivity index (χ4n) is 3.04. The van der Waals surface area contributed by atoms with Crippen molar-refractivity contribution >= 4 is 29.9 Å². The number of aromatic nitrogens is 4. The van der Waals surface area contributed by atoms with Crippen molar-refractivity contribution < 1.29 is 0 Å². The van der Waals surface area contributed by atoms with Crippen LogP contribution in [-0.4, -0.2) is 64.2 Å². The van der Waals surface area contributed by atoms with E-state index in [0.29, 0.717) is 6.54 Å². The summed E-state index contributed by atoms with van der Waals surface area (Å²) in [6.07, 6.45) is 4.95. The van der Waals surface area contributed by atoms with Crippen molar-refractivity contribution in [3.63, 3.8) is 0 Å². The Morgan fingerprint density at radius 3 is 2.57 bits per heavy atom. The quantitative estimate of drug-likeness (QED) is 0.238. The van der Waals surface area contributed by atoms with Crippen LogP contribution in [0.5, 0.6) is 0 Å². The van der Waals surface area contributed by atoms with Gasteiger partial charge in [-0.1, -0.05) is 0 Å². The molecule has 0 bridgehead atoms. The van der Waals surface area contributed by atoms with Crippen LogP contribution >= 0.6 is 24.0 Å². The number of hydrogen-bond acceptors (Lipinski definition) is 4. The van der Waals surface area contributed by atoms with E-state index in [-0.39, 0.29) is 30.0 Å².